The fraction of sp³-hybridized carbons (Fsp3) is 0.133. The molecule has 0 aliphatic heterocycles. The van der Waals surface area contributed by atoms with Crippen molar-refractivity contribution in [1.29, 1.82) is 0 Å². The standard InChI is InChI=1S/C15H16N2O4S/c1-11(18)17-13-4-6-14(7-5-13)21-10-12-2-8-15(9-3-12)22(16,19)20/h2-9H,10H2,1H3,(H,17,18)(H2,16,19,20). The number of benzene rings is 2. The quantitative estimate of drug-likeness (QED) is 0.878. The molecular formula is C15H16N2O4S. The van der Waals surface area contributed by atoms with E-state index in [1.54, 1.807) is 36.4 Å². The molecule has 0 fully saturated rings. The van der Waals surface area contributed by atoms with Gasteiger partial charge in [-0.05, 0) is 42.0 Å². The molecule has 0 unspecified atom stereocenters. The van der Waals surface area contributed by atoms with Crippen LogP contribution < -0.4 is 15.2 Å². The maximum atomic E-state index is 11.1. The van der Waals surface area contributed by atoms with Crippen LogP contribution in [0.15, 0.2) is 53.4 Å². The highest BCUT2D eigenvalue weighted by Gasteiger charge is 2.06. The first-order valence-electron chi connectivity index (χ1n) is 6.47. The van der Waals surface area contributed by atoms with Crippen LogP contribution in [-0.4, -0.2) is 14.3 Å². The Kier molecular flexibility index (Phi) is 4.79. The number of hydrogen-bond acceptors (Lipinski definition) is 4. The maximum absolute atomic E-state index is 11.1. The number of nitrogens with two attached hydrogens (primary N) is 1. The summed E-state index contributed by atoms with van der Waals surface area (Å²) in [4.78, 5) is 11.0. The van der Waals surface area contributed by atoms with Crippen LogP contribution in [0.2, 0.25) is 0 Å². The van der Waals surface area contributed by atoms with Crippen molar-refractivity contribution in [3.8, 4) is 5.75 Å². The van der Waals surface area contributed by atoms with Crippen molar-refractivity contribution in [2.24, 2.45) is 5.14 Å². The number of anilines is 1. The zero-order chi connectivity index (χ0) is 16.2. The largest absolute Gasteiger partial charge is 0.489 e. The molecule has 6 nitrogen and oxygen atoms in total. The summed E-state index contributed by atoms with van der Waals surface area (Å²) >= 11 is 0. The van der Waals surface area contributed by atoms with Crippen LogP contribution in [0.3, 0.4) is 0 Å². The van der Waals surface area contributed by atoms with Crippen LogP contribution in [0.25, 0.3) is 0 Å². The van der Waals surface area contributed by atoms with E-state index in [1.165, 1.54) is 19.1 Å². The minimum Gasteiger partial charge on any atom is -0.489 e. The summed E-state index contributed by atoms with van der Waals surface area (Å²) in [5.41, 5.74) is 1.51. The third-order valence-corrected chi connectivity index (χ3v) is 3.76. The Morgan fingerprint density at radius 3 is 2.18 bits per heavy atom. The van der Waals surface area contributed by atoms with E-state index >= 15 is 0 Å². The molecule has 0 heterocycles. The van der Waals surface area contributed by atoms with Gasteiger partial charge in [0.2, 0.25) is 15.9 Å². The van der Waals surface area contributed by atoms with Gasteiger partial charge in [-0.15, -0.1) is 0 Å². The predicted molar refractivity (Wildman–Crippen MR) is 82.9 cm³/mol. The molecule has 0 radical (unpaired) electrons. The third-order valence-electron chi connectivity index (χ3n) is 2.83. The summed E-state index contributed by atoms with van der Waals surface area (Å²) in [6.07, 6.45) is 0. The lowest BCUT2D eigenvalue weighted by molar-refractivity contribution is -0.114. The average Bonchev–Trinajstić information content (AvgIpc) is 2.45. The zero-order valence-corrected chi connectivity index (χ0v) is 12.8. The summed E-state index contributed by atoms with van der Waals surface area (Å²) < 4.78 is 27.9. The Bertz CT molecular complexity index is 753. The van der Waals surface area contributed by atoms with Crippen molar-refractivity contribution in [3.63, 3.8) is 0 Å². The topological polar surface area (TPSA) is 98.5 Å². The maximum Gasteiger partial charge on any atom is 0.238 e. The first-order valence-corrected chi connectivity index (χ1v) is 8.01. The molecule has 0 saturated heterocycles. The smallest absolute Gasteiger partial charge is 0.238 e. The Balaban J connectivity index is 1.96. The minimum absolute atomic E-state index is 0.0657. The molecule has 0 aliphatic carbocycles. The highest BCUT2D eigenvalue weighted by molar-refractivity contribution is 7.89. The molecular weight excluding hydrogens is 304 g/mol. The molecule has 2 rings (SSSR count). The van der Waals surface area contributed by atoms with Crippen LogP contribution >= 0.6 is 0 Å². The van der Waals surface area contributed by atoms with E-state index in [0.717, 1.165) is 5.56 Å². The second kappa shape index (κ2) is 6.59. The van der Waals surface area contributed by atoms with E-state index < -0.39 is 10.0 Å². The lowest BCUT2D eigenvalue weighted by atomic mass is 10.2. The van der Waals surface area contributed by atoms with E-state index in [2.05, 4.69) is 5.32 Å². The molecule has 0 atom stereocenters. The lowest BCUT2D eigenvalue weighted by Crippen LogP contribution is -2.12. The normalized spacial score (nSPS) is 11.0. The van der Waals surface area contributed by atoms with Gasteiger partial charge in [-0.25, -0.2) is 13.6 Å². The zero-order valence-electron chi connectivity index (χ0n) is 11.9. The Labute approximate surface area is 129 Å². The second-order valence-corrected chi connectivity index (χ2v) is 6.24. The van der Waals surface area contributed by atoms with E-state index in [4.69, 9.17) is 9.88 Å². The number of hydrogen-bond donors (Lipinski definition) is 2. The van der Waals surface area contributed by atoms with Crippen molar-refractivity contribution in [1.82, 2.24) is 0 Å². The summed E-state index contributed by atoms with van der Waals surface area (Å²) in [5.74, 6) is 0.508. The van der Waals surface area contributed by atoms with Gasteiger partial charge in [0.05, 0.1) is 4.90 Å². The molecule has 2 aromatic rings. The van der Waals surface area contributed by atoms with Gasteiger partial charge in [-0.1, -0.05) is 12.1 Å². The molecule has 1 amide bonds. The molecule has 22 heavy (non-hydrogen) atoms. The fourth-order valence-electron chi connectivity index (χ4n) is 1.78. The van der Waals surface area contributed by atoms with Crippen LogP contribution in [0.4, 0.5) is 5.69 Å². The van der Waals surface area contributed by atoms with Crippen molar-refractivity contribution < 1.29 is 17.9 Å². The summed E-state index contributed by atoms with van der Waals surface area (Å²) in [5, 5.41) is 7.69. The first-order chi connectivity index (χ1) is 10.3. The lowest BCUT2D eigenvalue weighted by Gasteiger charge is -2.08. The van der Waals surface area contributed by atoms with Crippen LogP contribution in [0, 0.1) is 0 Å². The average molecular weight is 320 g/mol. The molecule has 2 aromatic carbocycles. The molecule has 0 spiro atoms. The number of carbonyl (C=O) groups is 1. The van der Waals surface area contributed by atoms with Gasteiger partial charge in [0.25, 0.3) is 0 Å². The van der Waals surface area contributed by atoms with Gasteiger partial charge in [-0.2, -0.15) is 0 Å². The monoisotopic (exact) mass is 320 g/mol. The van der Waals surface area contributed by atoms with Gasteiger partial charge in [-0.3, -0.25) is 4.79 Å². The van der Waals surface area contributed by atoms with Crippen molar-refractivity contribution in [3.05, 3.63) is 54.1 Å². The highest BCUT2D eigenvalue weighted by atomic mass is 32.2. The number of carbonyl (C=O) groups excluding carboxylic acids is 1. The van der Waals surface area contributed by atoms with E-state index in [-0.39, 0.29) is 10.8 Å². The Morgan fingerprint density at radius 2 is 1.68 bits per heavy atom. The van der Waals surface area contributed by atoms with Gasteiger partial charge < -0.3 is 10.1 Å². The molecule has 7 heteroatoms. The van der Waals surface area contributed by atoms with E-state index in [9.17, 15) is 13.2 Å². The van der Waals surface area contributed by atoms with Crippen LogP contribution in [0.1, 0.15) is 12.5 Å². The highest BCUT2D eigenvalue weighted by Crippen LogP contribution is 2.17. The Hall–Kier alpha value is -2.38. The molecule has 0 saturated carbocycles. The first kappa shape index (κ1) is 16.0. The molecule has 0 aliphatic rings. The molecule has 0 bridgehead atoms. The third kappa shape index (κ3) is 4.57. The van der Waals surface area contributed by atoms with E-state index in [0.29, 0.717) is 18.0 Å². The van der Waals surface area contributed by atoms with Crippen molar-refractivity contribution in [2.45, 2.75) is 18.4 Å². The number of primary sulfonamides is 1. The number of rotatable bonds is 5. The number of nitrogens with one attached hydrogen (secondary N) is 1. The van der Waals surface area contributed by atoms with Crippen LogP contribution in [-0.2, 0) is 21.4 Å². The number of amides is 1. The molecule has 3 N–H and O–H groups in total. The van der Waals surface area contributed by atoms with Crippen molar-refractivity contribution in [2.75, 3.05) is 5.32 Å². The van der Waals surface area contributed by atoms with Crippen LogP contribution in [0.5, 0.6) is 5.75 Å². The minimum atomic E-state index is -3.68. The van der Waals surface area contributed by atoms with Gasteiger partial charge >= 0.3 is 0 Å². The summed E-state index contributed by atoms with van der Waals surface area (Å²) in [7, 11) is -3.68. The predicted octanol–water partition coefficient (Wildman–Crippen LogP) is 1.87. The van der Waals surface area contributed by atoms with Gasteiger partial charge in [0, 0.05) is 12.6 Å². The number of sulfonamides is 1. The molecule has 116 valence electrons. The van der Waals surface area contributed by atoms with E-state index in [1.807, 2.05) is 0 Å². The SMILES string of the molecule is CC(=O)Nc1ccc(OCc2ccc(S(N)(=O)=O)cc2)cc1. The van der Waals surface area contributed by atoms with Crippen molar-refractivity contribution >= 4 is 21.6 Å². The molecule has 0 aromatic heterocycles. The summed E-state index contributed by atoms with van der Waals surface area (Å²) in [6.45, 7) is 1.74. The Morgan fingerprint density at radius 1 is 1.09 bits per heavy atom. The van der Waals surface area contributed by atoms with Gasteiger partial charge in [0.15, 0.2) is 0 Å². The van der Waals surface area contributed by atoms with Gasteiger partial charge in [0.1, 0.15) is 12.4 Å². The second-order valence-electron chi connectivity index (χ2n) is 4.68. The number of ether oxygens (including phenoxy) is 1. The fourth-order valence-corrected chi connectivity index (χ4v) is 2.30. The summed E-state index contributed by atoms with van der Waals surface area (Å²) in [6, 6.07) is 13.1.